The van der Waals surface area contributed by atoms with Gasteiger partial charge in [0, 0.05) is 12.1 Å². The van der Waals surface area contributed by atoms with E-state index in [2.05, 4.69) is 9.98 Å². The van der Waals surface area contributed by atoms with Gasteiger partial charge in [-0.1, -0.05) is 6.07 Å². The molecule has 0 unspecified atom stereocenters. The quantitative estimate of drug-likeness (QED) is 0.679. The number of hydrogen-bond donors (Lipinski definition) is 1. The highest BCUT2D eigenvalue weighted by atomic mass is 35.5. The molecule has 2 N–H and O–H groups in total. The van der Waals surface area contributed by atoms with Gasteiger partial charge in [0.05, 0.1) is 11.4 Å². The topological polar surface area (TPSA) is 51.3 Å². The molecule has 3 nitrogen and oxygen atoms in total. The highest BCUT2D eigenvalue weighted by Gasteiger charge is 2.26. The van der Waals surface area contributed by atoms with Crippen LogP contribution in [0.5, 0.6) is 0 Å². The van der Waals surface area contributed by atoms with Gasteiger partial charge in [0.15, 0.2) is 0 Å². The smallest absolute Gasteiger partial charge is 0.405 e. The second-order valence-electron chi connectivity index (χ2n) is 3.32. The fraction of sp³-hybridized carbons (Fsp3) is 0.273. The molecule has 0 aliphatic heterocycles. The van der Waals surface area contributed by atoms with Gasteiger partial charge in [-0.3, -0.25) is 9.98 Å². The van der Waals surface area contributed by atoms with Crippen LogP contribution in [0.15, 0.2) is 35.6 Å². The van der Waals surface area contributed by atoms with Crippen LogP contribution in [-0.4, -0.2) is 23.4 Å². The molecular formula is C11H11ClF3N3. The van der Waals surface area contributed by atoms with Crippen LogP contribution in [0.25, 0.3) is 0 Å². The Hall–Kier alpha value is -1.56. The normalized spacial score (nSPS) is 13.2. The molecule has 0 atom stereocenters. The number of aliphatic imine (C=N–C) groups is 1. The molecule has 0 bridgehead atoms. The van der Waals surface area contributed by atoms with Crippen molar-refractivity contribution in [1.82, 2.24) is 4.98 Å². The highest BCUT2D eigenvalue weighted by Crippen LogP contribution is 2.16. The number of hydrogen-bond acceptors (Lipinski definition) is 3. The standard InChI is InChI=1S/C11H11ClF3N3/c12-6-8-2-1-5-17-10(8)9(3-4-16)18-7-11(13,14)15/h1-5H,6-7,16H2/b4-3-,18-9?. The molecule has 1 rings (SSSR count). The van der Waals surface area contributed by atoms with Gasteiger partial charge in [-0.05, 0) is 23.9 Å². The van der Waals surface area contributed by atoms with Gasteiger partial charge < -0.3 is 5.73 Å². The third-order valence-electron chi connectivity index (χ3n) is 1.96. The van der Waals surface area contributed by atoms with Gasteiger partial charge in [0.25, 0.3) is 0 Å². The summed E-state index contributed by atoms with van der Waals surface area (Å²) < 4.78 is 36.4. The zero-order valence-corrected chi connectivity index (χ0v) is 10.0. The lowest BCUT2D eigenvalue weighted by atomic mass is 10.1. The lowest BCUT2D eigenvalue weighted by Crippen LogP contribution is -2.15. The molecule has 1 aromatic heterocycles. The maximum atomic E-state index is 12.1. The van der Waals surface area contributed by atoms with Crippen LogP contribution in [0.3, 0.4) is 0 Å². The fourth-order valence-corrected chi connectivity index (χ4v) is 1.47. The van der Waals surface area contributed by atoms with Crippen LogP contribution in [0.1, 0.15) is 11.3 Å². The van der Waals surface area contributed by atoms with Gasteiger partial charge in [-0.2, -0.15) is 13.2 Å². The number of aromatic nitrogens is 1. The van der Waals surface area contributed by atoms with Crippen molar-refractivity contribution in [3.63, 3.8) is 0 Å². The van der Waals surface area contributed by atoms with Gasteiger partial charge in [-0.15, -0.1) is 11.6 Å². The van der Waals surface area contributed by atoms with E-state index in [9.17, 15) is 13.2 Å². The molecule has 7 heteroatoms. The maximum Gasteiger partial charge on any atom is 0.407 e. The summed E-state index contributed by atoms with van der Waals surface area (Å²) in [5.74, 6) is 0.132. The zero-order chi connectivity index (χ0) is 13.6. The van der Waals surface area contributed by atoms with Gasteiger partial charge in [-0.25, -0.2) is 0 Å². The SMILES string of the molecule is N/C=C\C(=NCC(F)(F)F)c1ncccc1CCl. The van der Waals surface area contributed by atoms with Crippen molar-refractivity contribution in [3.8, 4) is 0 Å². The molecule has 0 amide bonds. The van der Waals surface area contributed by atoms with Crippen molar-refractivity contribution in [2.45, 2.75) is 12.1 Å². The number of alkyl halides is 4. The van der Waals surface area contributed by atoms with Crippen molar-refractivity contribution < 1.29 is 13.2 Å². The summed E-state index contributed by atoms with van der Waals surface area (Å²) in [7, 11) is 0. The first-order valence-electron chi connectivity index (χ1n) is 4.97. The van der Waals surface area contributed by atoms with E-state index in [0.29, 0.717) is 11.3 Å². The van der Waals surface area contributed by atoms with Crippen LogP contribution < -0.4 is 5.73 Å². The summed E-state index contributed by atoms with van der Waals surface area (Å²) in [5, 5.41) is 0. The minimum Gasteiger partial charge on any atom is -0.405 e. The van der Waals surface area contributed by atoms with Crippen LogP contribution in [0.4, 0.5) is 13.2 Å². The number of pyridine rings is 1. The largest absolute Gasteiger partial charge is 0.407 e. The summed E-state index contributed by atoms with van der Waals surface area (Å²) in [6.45, 7) is -1.29. The minimum absolute atomic E-state index is 0.0612. The third kappa shape index (κ3) is 4.37. The van der Waals surface area contributed by atoms with Crippen LogP contribution in [0, 0.1) is 0 Å². The summed E-state index contributed by atoms with van der Waals surface area (Å²) in [6.07, 6.45) is -0.533. The summed E-state index contributed by atoms with van der Waals surface area (Å²) in [5.41, 5.74) is 6.16. The van der Waals surface area contributed by atoms with E-state index >= 15 is 0 Å². The van der Waals surface area contributed by atoms with Gasteiger partial charge in [0.2, 0.25) is 0 Å². The fourth-order valence-electron chi connectivity index (χ4n) is 1.25. The number of allylic oxidation sites excluding steroid dienone is 1. The number of rotatable bonds is 4. The van der Waals surface area contributed by atoms with Gasteiger partial charge in [0.1, 0.15) is 6.54 Å². The molecule has 0 saturated carbocycles. The van der Waals surface area contributed by atoms with Crippen molar-refractivity contribution in [1.29, 1.82) is 0 Å². The van der Waals surface area contributed by atoms with E-state index in [0.717, 1.165) is 6.20 Å². The van der Waals surface area contributed by atoms with E-state index in [4.69, 9.17) is 17.3 Å². The summed E-state index contributed by atoms with van der Waals surface area (Å²) >= 11 is 5.69. The summed E-state index contributed by atoms with van der Waals surface area (Å²) in [4.78, 5) is 7.45. The average molecular weight is 278 g/mol. The average Bonchev–Trinajstić information content (AvgIpc) is 2.33. The van der Waals surface area contributed by atoms with E-state index in [1.54, 1.807) is 12.1 Å². The van der Waals surface area contributed by atoms with Crippen LogP contribution >= 0.6 is 11.6 Å². The lowest BCUT2D eigenvalue weighted by Gasteiger charge is -2.07. The molecule has 0 fully saturated rings. The first kappa shape index (κ1) is 14.5. The predicted octanol–water partition coefficient (Wildman–Crippen LogP) is 2.64. The Morgan fingerprint density at radius 2 is 2.22 bits per heavy atom. The molecule has 98 valence electrons. The first-order valence-corrected chi connectivity index (χ1v) is 5.51. The maximum absolute atomic E-state index is 12.1. The molecule has 0 saturated heterocycles. The number of halogens is 4. The highest BCUT2D eigenvalue weighted by molar-refractivity contribution is 6.18. The molecule has 0 spiro atoms. The molecular weight excluding hydrogens is 267 g/mol. The second-order valence-corrected chi connectivity index (χ2v) is 3.59. The Bertz CT molecular complexity index is 455. The lowest BCUT2D eigenvalue weighted by molar-refractivity contribution is -0.118. The van der Waals surface area contributed by atoms with E-state index < -0.39 is 12.7 Å². The van der Waals surface area contributed by atoms with Crippen molar-refractivity contribution in [3.05, 3.63) is 41.9 Å². The Morgan fingerprint density at radius 1 is 1.50 bits per heavy atom. The molecule has 0 radical (unpaired) electrons. The number of nitrogens with zero attached hydrogens (tertiary/aromatic N) is 2. The molecule has 0 aliphatic rings. The van der Waals surface area contributed by atoms with Crippen molar-refractivity contribution in [2.75, 3.05) is 6.54 Å². The molecule has 18 heavy (non-hydrogen) atoms. The Morgan fingerprint density at radius 3 is 2.78 bits per heavy atom. The molecule has 0 aliphatic carbocycles. The van der Waals surface area contributed by atoms with Crippen molar-refractivity contribution >= 4 is 17.3 Å². The van der Waals surface area contributed by atoms with Gasteiger partial charge >= 0.3 is 6.18 Å². The predicted molar refractivity (Wildman–Crippen MR) is 64.6 cm³/mol. The minimum atomic E-state index is -4.37. The van der Waals surface area contributed by atoms with E-state index in [1.807, 2.05) is 0 Å². The van der Waals surface area contributed by atoms with E-state index in [1.165, 1.54) is 12.3 Å². The van der Waals surface area contributed by atoms with Crippen LogP contribution in [-0.2, 0) is 5.88 Å². The number of nitrogens with two attached hydrogens (primary N) is 1. The Labute approximate surface area is 107 Å². The third-order valence-corrected chi connectivity index (χ3v) is 2.25. The second kappa shape index (κ2) is 6.39. The Kier molecular flexibility index (Phi) is 5.15. The molecule has 0 aromatic carbocycles. The first-order chi connectivity index (χ1) is 8.48. The Balaban J connectivity index is 3.12. The monoisotopic (exact) mass is 277 g/mol. The van der Waals surface area contributed by atoms with Crippen LogP contribution in [0.2, 0.25) is 0 Å². The molecule has 1 heterocycles. The zero-order valence-electron chi connectivity index (χ0n) is 9.28. The molecule has 1 aromatic rings. The summed E-state index contributed by atoms with van der Waals surface area (Å²) in [6, 6.07) is 3.32. The van der Waals surface area contributed by atoms with Crippen molar-refractivity contribution in [2.24, 2.45) is 10.7 Å². The van der Waals surface area contributed by atoms with E-state index in [-0.39, 0.29) is 11.6 Å².